The van der Waals surface area contributed by atoms with E-state index < -0.39 is 74.7 Å². The van der Waals surface area contributed by atoms with Crippen LogP contribution in [0.3, 0.4) is 0 Å². The van der Waals surface area contributed by atoms with Crippen molar-refractivity contribution in [1.29, 1.82) is 0 Å². The van der Waals surface area contributed by atoms with Gasteiger partial charge in [0.25, 0.3) is 10.1 Å². The second-order valence-electron chi connectivity index (χ2n) is 8.36. The maximum absolute atomic E-state index is 13.2. The summed E-state index contributed by atoms with van der Waals surface area (Å²) < 4.78 is 111. The Morgan fingerprint density at radius 3 is 2.13 bits per heavy atom. The summed E-state index contributed by atoms with van der Waals surface area (Å²) in [5, 5.41) is 15.3. The Morgan fingerprint density at radius 1 is 0.921 bits per heavy atom. The van der Waals surface area contributed by atoms with Crippen molar-refractivity contribution in [2.75, 3.05) is 16.4 Å². The lowest BCUT2D eigenvalue weighted by Gasteiger charge is -2.29. The van der Waals surface area contributed by atoms with E-state index in [1.54, 1.807) is 0 Å². The van der Waals surface area contributed by atoms with Crippen molar-refractivity contribution in [1.82, 2.24) is 24.9 Å². The minimum atomic E-state index is -4.82. The lowest BCUT2D eigenvalue weighted by molar-refractivity contribution is -0.141. The predicted octanol–water partition coefficient (Wildman–Crippen LogP) is 3.55. The van der Waals surface area contributed by atoms with E-state index in [-0.39, 0.29) is 5.69 Å². The summed E-state index contributed by atoms with van der Waals surface area (Å²) in [5.41, 5.74) is -4.97. The summed E-state index contributed by atoms with van der Waals surface area (Å²) >= 11 is 0. The van der Waals surface area contributed by atoms with Crippen LogP contribution in [0.25, 0.3) is 11.5 Å². The minimum Gasteiger partial charge on any atom is -0.388 e. The van der Waals surface area contributed by atoms with Crippen LogP contribution in [0, 0.1) is 0 Å². The molecule has 0 fully saturated rings. The van der Waals surface area contributed by atoms with Gasteiger partial charge in [0.1, 0.15) is 17.1 Å². The van der Waals surface area contributed by atoms with Crippen LogP contribution >= 0.6 is 0 Å². The molecule has 0 aliphatic rings. The van der Waals surface area contributed by atoms with Gasteiger partial charge in [-0.1, -0.05) is 6.07 Å². The molecule has 0 bridgehead atoms. The highest BCUT2D eigenvalue weighted by molar-refractivity contribution is 7.85. The maximum Gasteiger partial charge on any atom is 0.433 e. The number of nitrogens with one attached hydrogen (secondary N) is 2. The molecule has 0 spiro atoms. The van der Waals surface area contributed by atoms with E-state index in [1.807, 2.05) is 0 Å². The molecule has 206 valence electrons. The third-order valence-corrected chi connectivity index (χ3v) is 5.50. The Morgan fingerprint density at radius 2 is 1.55 bits per heavy atom. The highest BCUT2D eigenvalue weighted by Gasteiger charge is 2.34. The van der Waals surface area contributed by atoms with Crippen molar-refractivity contribution < 1.29 is 44.4 Å². The summed E-state index contributed by atoms with van der Waals surface area (Å²) in [5.74, 6) is -2.49. The molecule has 0 aliphatic carbocycles. The Hall–Kier alpha value is -3.64. The SMILES string of the molecule is CC(C)(O)C(CS(=O)(=O)O)Nc1nc(Nc2ccnc(C(F)(F)F)c2)nc(-c2cccc(C(F)(F)F)n2)n1. The first-order valence-corrected chi connectivity index (χ1v) is 12.0. The number of pyridine rings is 2. The number of hydrogen-bond acceptors (Lipinski definition) is 10. The molecule has 3 heterocycles. The fourth-order valence-electron chi connectivity index (χ4n) is 2.91. The van der Waals surface area contributed by atoms with E-state index in [9.17, 15) is 44.4 Å². The predicted molar refractivity (Wildman–Crippen MR) is 121 cm³/mol. The van der Waals surface area contributed by atoms with Gasteiger partial charge in [0, 0.05) is 11.9 Å². The molecule has 0 aliphatic heterocycles. The second kappa shape index (κ2) is 10.3. The molecule has 0 saturated carbocycles. The normalized spacial score (nSPS) is 13.7. The van der Waals surface area contributed by atoms with Gasteiger partial charge in [-0.2, -0.15) is 49.7 Å². The van der Waals surface area contributed by atoms with Crippen LogP contribution in [0.5, 0.6) is 0 Å². The zero-order valence-corrected chi connectivity index (χ0v) is 20.2. The summed E-state index contributed by atoms with van der Waals surface area (Å²) in [6.45, 7) is 2.39. The van der Waals surface area contributed by atoms with Gasteiger partial charge in [-0.15, -0.1) is 0 Å². The molecule has 0 aromatic carbocycles. The van der Waals surface area contributed by atoms with Crippen molar-refractivity contribution in [2.24, 2.45) is 0 Å². The molecule has 4 N–H and O–H groups in total. The number of alkyl halides is 6. The molecule has 18 heteroatoms. The lowest BCUT2D eigenvalue weighted by Crippen LogP contribution is -2.46. The first kappa shape index (κ1) is 28.9. The van der Waals surface area contributed by atoms with Crippen LogP contribution < -0.4 is 10.6 Å². The summed E-state index contributed by atoms with van der Waals surface area (Å²) in [6.07, 6.45) is -8.76. The largest absolute Gasteiger partial charge is 0.433 e. The highest BCUT2D eigenvalue weighted by Crippen LogP contribution is 2.31. The highest BCUT2D eigenvalue weighted by atomic mass is 32.2. The summed E-state index contributed by atoms with van der Waals surface area (Å²) in [7, 11) is -4.65. The monoisotopic (exact) mass is 567 g/mol. The standard InChI is InChI=1S/C20H19F6N7O4S/c1-18(2,34)14(9-38(35,36)37)30-17-32-15(11-4-3-5-12(29-11)19(21,22)23)31-16(33-17)28-10-6-7-27-13(8-10)20(24,25)26/h3-8,14,34H,9H2,1-2H3,(H,35,36,37)(H2,27,28,30,31,32,33). The van der Waals surface area contributed by atoms with Crippen LogP contribution in [-0.4, -0.2) is 60.4 Å². The summed E-state index contributed by atoms with van der Waals surface area (Å²) in [4.78, 5) is 18.4. The Bertz CT molecular complexity index is 1410. The average molecular weight is 567 g/mol. The second-order valence-corrected chi connectivity index (χ2v) is 9.86. The third kappa shape index (κ3) is 7.93. The van der Waals surface area contributed by atoms with Gasteiger partial charge < -0.3 is 15.7 Å². The number of aliphatic hydroxyl groups is 1. The van der Waals surface area contributed by atoms with Crippen molar-refractivity contribution in [3.63, 3.8) is 0 Å². The number of nitrogens with zero attached hydrogens (tertiary/aromatic N) is 5. The van der Waals surface area contributed by atoms with Crippen LogP contribution in [0.2, 0.25) is 0 Å². The van der Waals surface area contributed by atoms with E-state index in [0.29, 0.717) is 12.1 Å². The quantitative estimate of drug-likeness (QED) is 0.233. The molecule has 3 aromatic rings. The number of rotatable bonds is 8. The van der Waals surface area contributed by atoms with E-state index >= 15 is 0 Å². The zero-order chi connectivity index (χ0) is 28.5. The number of hydrogen-bond donors (Lipinski definition) is 4. The van der Waals surface area contributed by atoms with Crippen LogP contribution in [0.15, 0.2) is 36.5 Å². The van der Waals surface area contributed by atoms with Gasteiger partial charge in [0.2, 0.25) is 11.9 Å². The van der Waals surface area contributed by atoms with Crippen molar-refractivity contribution in [3.8, 4) is 11.5 Å². The van der Waals surface area contributed by atoms with Gasteiger partial charge in [-0.3, -0.25) is 9.54 Å². The smallest absolute Gasteiger partial charge is 0.388 e. The molecule has 0 amide bonds. The first-order valence-electron chi connectivity index (χ1n) is 10.4. The molecule has 1 atom stereocenters. The molecular weight excluding hydrogens is 548 g/mol. The van der Waals surface area contributed by atoms with E-state index in [2.05, 4.69) is 35.6 Å². The molecule has 3 rings (SSSR count). The number of aromatic nitrogens is 5. The van der Waals surface area contributed by atoms with Gasteiger partial charge >= 0.3 is 12.4 Å². The fraction of sp³-hybridized carbons (Fsp3) is 0.350. The third-order valence-electron chi connectivity index (χ3n) is 4.74. The fourth-order valence-corrected chi connectivity index (χ4v) is 3.82. The van der Waals surface area contributed by atoms with Gasteiger partial charge in [-0.25, -0.2) is 4.98 Å². The number of anilines is 3. The van der Waals surface area contributed by atoms with Crippen molar-refractivity contribution in [3.05, 3.63) is 47.9 Å². The van der Waals surface area contributed by atoms with Crippen molar-refractivity contribution in [2.45, 2.75) is 37.8 Å². The summed E-state index contributed by atoms with van der Waals surface area (Å²) in [6, 6.07) is 3.13. The van der Waals surface area contributed by atoms with Gasteiger partial charge in [0.05, 0.1) is 17.4 Å². The van der Waals surface area contributed by atoms with Gasteiger partial charge in [-0.05, 0) is 38.1 Å². The van der Waals surface area contributed by atoms with E-state index in [0.717, 1.165) is 24.4 Å². The molecule has 1 unspecified atom stereocenters. The minimum absolute atomic E-state index is 0.204. The molecule has 38 heavy (non-hydrogen) atoms. The average Bonchev–Trinajstić information content (AvgIpc) is 2.76. The Kier molecular flexibility index (Phi) is 7.81. The Labute approximate surface area is 211 Å². The first-order chi connectivity index (χ1) is 17.3. The van der Waals surface area contributed by atoms with E-state index in [1.165, 1.54) is 13.8 Å². The lowest BCUT2D eigenvalue weighted by atomic mass is 10.0. The zero-order valence-electron chi connectivity index (χ0n) is 19.4. The maximum atomic E-state index is 13.2. The van der Waals surface area contributed by atoms with Crippen LogP contribution in [0.1, 0.15) is 25.2 Å². The van der Waals surface area contributed by atoms with Crippen molar-refractivity contribution >= 4 is 27.7 Å². The van der Waals surface area contributed by atoms with Crippen LogP contribution in [0.4, 0.5) is 43.9 Å². The Balaban J connectivity index is 2.11. The molecule has 0 radical (unpaired) electrons. The topological polar surface area (TPSA) is 163 Å². The van der Waals surface area contributed by atoms with Gasteiger partial charge in [0.15, 0.2) is 5.82 Å². The number of halogens is 6. The molecule has 11 nitrogen and oxygen atoms in total. The van der Waals surface area contributed by atoms with Crippen LogP contribution in [-0.2, 0) is 22.5 Å². The van der Waals surface area contributed by atoms with E-state index in [4.69, 9.17) is 0 Å². The molecular formula is C20H19F6N7O4S. The molecule has 0 saturated heterocycles. The molecule has 3 aromatic heterocycles.